The highest BCUT2D eigenvalue weighted by molar-refractivity contribution is 5.62. The molecule has 1 aromatic heterocycles. The molecular formula is C22H26N4. The Bertz CT molecular complexity index is 841. The molecule has 1 atom stereocenters. The van der Waals surface area contributed by atoms with E-state index in [0.29, 0.717) is 6.04 Å². The third kappa shape index (κ3) is 3.57. The lowest BCUT2D eigenvalue weighted by Gasteiger charge is -2.39. The molecule has 2 aromatic carbocycles. The van der Waals surface area contributed by atoms with E-state index >= 15 is 0 Å². The van der Waals surface area contributed by atoms with Gasteiger partial charge in [0.05, 0.1) is 5.69 Å². The summed E-state index contributed by atoms with van der Waals surface area (Å²) in [6.07, 6.45) is 2.16. The quantitative estimate of drug-likeness (QED) is 0.722. The number of benzene rings is 2. The topological polar surface area (TPSA) is 24.3 Å². The largest absolute Gasteiger partial charge is 0.297 e. The predicted octanol–water partition coefficient (Wildman–Crippen LogP) is 3.58. The molecular weight excluding hydrogens is 320 g/mol. The van der Waals surface area contributed by atoms with Crippen molar-refractivity contribution in [3.05, 3.63) is 78.0 Å². The van der Waals surface area contributed by atoms with E-state index in [0.717, 1.165) is 31.9 Å². The van der Waals surface area contributed by atoms with Crippen molar-refractivity contribution >= 4 is 0 Å². The number of piperazine rings is 1. The number of nitrogens with zero attached hydrogens (tertiary/aromatic N) is 4. The van der Waals surface area contributed by atoms with Crippen LogP contribution in [0.4, 0.5) is 0 Å². The molecule has 26 heavy (non-hydrogen) atoms. The lowest BCUT2D eigenvalue weighted by Crippen LogP contribution is -2.46. The van der Waals surface area contributed by atoms with E-state index in [1.165, 1.54) is 16.7 Å². The Kier molecular flexibility index (Phi) is 4.87. The van der Waals surface area contributed by atoms with Gasteiger partial charge in [-0.2, -0.15) is 5.10 Å². The minimum absolute atomic E-state index is 0.446. The first-order valence-electron chi connectivity index (χ1n) is 9.26. The van der Waals surface area contributed by atoms with E-state index in [2.05, 4.69) is 83.7 Å². The highest BCUT2D eigenvalue weighted by atomic mass is 15.3. The van der Waals surface area contributed by atoms with Crippen LogP contribution in [0.5, 0.6) is 0 Å². The summed E-state index contributed by atoms with van der Waals surface area (Å²) in [4.78, 5) is 5.02. The van der Waals surface area contributed by atoms with Crippen molar-refractivity contribution in [2.24, 2.45) is 7.05 Å². The van der Waals surface area contributed by atoms with Crippen LogP contribution in [0.2, 0.25) is 0 Å². The first-order chi connectivity index (χ1) is 12.7. The van der Waals surface area contributed by atoms with Crippen molar-refractivity contribution in [1.29, 1.82) is 0 Å². The van der Waals surface area contributed by atoms with Gasteiger partial charge >= 0.3 is 0 Å². The summed E-state index contributed by atoms with van der Waals surface area (Å²) in [5.74, 6) is 0. The molecule has 0 saturated carbocycles. The molecule has 1 saturated heterocycles. The van der Waals surface area contributed by atoms with E-state index in [1.807, 2.05) is 11.7 Å². The molecule has 1 aliphatic rings. The van der Waals surface area contributed by atoms with Crippen molar-refractivity contribution in [2.45, 2.75) is 12.6 Å². The zero-order valence-corrected chi connectivity index (χ0v) is 15.5. The second kappa shape index (κ2) is 7.44. The fraction of sp³-hybridized carbons (Fsp3) is 0.318. The Balaban J connectivity index is 1.55. The maximum absolute atomic E-state index is 4.72. The van der Waals surface area contributed by atoms with E-state index in [1.54, 1.807) is 0 Å². The Hall–Kier alpha value is -2.43. The molecule has 0 radical (unpaired) electrons. The van der Waals surface area contributed by atoms with Gasteiger partial charge in [-0.3, -0.25) is 14.5 Å². The second-order valence-corrected chi connectivity index (χ2v) is 7.18. The van der Waals surface area contributed by atoms with Crippen molar-refractivity contribution < 1.29 is 0 Å². The molecule has 3 aromatic rings. The minimum Gasteiger partial charge on any atom is -0.297 e. The van der Waals surface area contributed by atoms with Crippen LogP contribution < -0.4 is 0 Å². The van der Waals surface area contributed by atoms with Crippen molar-refractivity contribution in [1.82, 2.24) is 19.6 Å². The van der Waals surface area contributed by atoms with Gasteiger partial charge in [0.25, 0.3) is 0 Å². The van der Waals surface area contributed by atoms with Crippen LogP contribution in [0.15, 0.2) is 66.9 Å². The molecule has 2 heterocycles. The van der Waals surface area contributed by atoms with Crippen LogP contribution >= 0.6 is 0 Å². The maximum Gasteiger partial charge on any atom is 0.0968 e. The zero-order valence-electron chi connectivity index (χ0n) is 15.5. The van der Waals surface area contributed by atoms with Crippen LogP contribution in [0.1, 0.15) is 17.2 Å². The van der Waals surface area contributed by atoms with Gasteiger partial charge in [0.2, 0.25) is 0 Å². The Morgan fingerprint density at radius 1 is 0.923 bits per heavy atom. The van der Waals surface area contributed by atoms with E-state index in [4.69, 9.17) is 5.10 Å². The molecule has 1 aliphatic heterocycles. The third-order valence-electron chi connectivity index (χ3n) is 5.26. The van der Waals surface area contributed by atoms with Crippen molar-refractivity contribution in [3.63, 3.8) is 0 Å². The van der Waals surface area contributed by atoms with Gasteiger partial charge in [0, 0.05) is 56.6 Å². The maximum atomic E-state index is 4.72. The SMILES string of the molecule is CN1CCN(Cc2cn(C)nc2-c2ccccc2)CC1c1ccccc1. The summed E-state index contributed by atoms with van der Waals surface area (Å²) in [6.45, 7) is 4.16. The number of hydrogen-bond acceptors (Lipinski definition) is 3. The zero-order chi connectivity index (χ0) is 17.9. The normalized spacial score (nSPS) is 18.9. The lowest BCUT2D eigenvalue weighted by atomic mass is 10.0. The van der Waals surface area contributed by atoms with Gasteiger partial charge in [-0.25, -0.2) is 0 Å². The molecule has 4 nitrogen and oxygen atoms in total. The molecule has 134 valence electrons. The van der Waals surface area contributed by atoms with E-state index < -0.39 is 0 Å². The predicted molar refractivity (Wildman–Crippen MR) is 106 cm³/mol. The second-order valence-electron chi connectivity index (χ2n) is 7.18. The number of likely N-dealkylation sites (N-methyl/N-ethyl adjacent to an activating group) is 1. The number of rotatable bonds is 4. The van der Waals surface area contributed by atoms with E-state index in [9.17, 15) is 0 Å². The molecule has 4 heteroatoms. The summed E-state index contributed by atoms with van der Waals surface area (Å²) in [5.41, 5.74) is 4.99. The fourth-order valence-corrected chi connectivity index (χ4v) is 3.84. The fourth-order valence-electron chi connectivity index (χ4n) is 3.84. The highest BCUT2D eigenvalue weighted by Gasteiger charge is 2.26. The van der Waals surface area contributed by atoms with Crippen LogP contribution in [-0.4, -0.2) is 46.3 Å². The number of aromatic nitrogens is 2. The Morgan fingerprint density at radius 3 is 2.35 bits per heavy atom. The smallest absolute Gasteiger partial charge is 0.0968 e. The van der Waals surface area contributed by atoms with Crippen molar-refractivity contribution in [2.75, 3.05) is 26.7 Å². The van der Waals surface area contributed by atoms with Gasteiger partial charge < -0.3 is 0 Å². The lowest BCUT2D eigenvalue weighted by molar-refractivity contribution is 0.0906. The number of hydrogen-bond donors (Lipinski definition) is 0. The Labute approximate surface area is 155 Å². The summed E-state index contributed by atoms with van der Waals surface area (Å²) >= 11 is 0. The van der Waals surface area contributed by atoms with Gasteiger partial charge in [-0.05, 0) is 12.6 Å². The monoisotopic (exact) mass is 346 g/mol. The van der Waals surface area contributed by atoms with Crippen LogP contribution in [0.25, 0.3) is 11.3 Å². The summed E-state index contributed by atoms with van der Waals surface area (Å²) in [5, 5.41) is 4.72. The summed E-state index contributed by atoms with van der Waals surface area (Å²) < 4.78 is 1.93. The van der Waals surface area contributed by atoms with Crippen LogP contribution in [0.3, 0.4) is 0 Å². The highest BCUT2D eigenvalue weighted by Crippen LogP contribution is 2.27. The van der Waals surface area contributed by atoms with Crippen LogP contribution in [-0.2, 0) is 13.6 Å². The third-order valence-corrected chi connectivity index (χ3v) is 5.26. The first-order valence-corrected chi connectivity index (χ1v) is 9.26. The molecule has 1 fully saturated rings. The average molecular weight is 346 g/mol. The first kappa shape index (κ1) is 17.0. The molecule has 4 rings (SSSR count). The molecule has 0 bridgehead atoms. The molecule has 1 unspecified atom stereocenters. The van der Waals surface area contributed by atoms with Gasteiger partial charge in [0.1, 0.15) is 0 Å². The summed E-state index contributed by atoms with van der Waals surface area (Å²) in [7, 11) is 4.24. The van der Waals surface area contributed by atoms with Crippen LogP contribution in [0, 0.1) is 0 Å². The molecule has 0 amide bonds. The van der Waals surface area contributed by atoms with E-state index in [-0.39, 0.29) is 0 Å². The van der Waals surface area contributed by atoms with Gasteiger partial charge in [-0.1, -0.05) is 60.7 Å². The summed E-state index contributed by atoms with van der Waals surface area (Å²) in [6, 6.07) is 21.8. The number of aryl methyl sites for hydroxylation is 1. The van der Waals surface area contributed by atoms with Gasteiger partial charge in [0.15, 0.2) is 0 Å². The molecule has 0 spiro atoms. The molecule has 0 aliphatic carbocycles. The minimum atomic E-state index is 0.446. The molecule has 0 N–H and O–H groups in total. The van der Waals surface area contributed by atoms with Crippen molar-refractivity contribution in [3.8, 4) is 11.3 Å². The average Bonchev–Trinajstić information content (AvgIpc) is 3.05. The van der Waals surface area contributed by atoms with Gasteiger partial charge in [-0.15, -0.1) is 0 Å². The standard InChI is InChI=1S/C22H26N4/c1-24-13-14-26(17-21(24)18-9-5-3-6-10-18)16-20-15-25(2)23-22(20)19-11-7-4-8-12-19/h3-12,15,21H,13-14,16-17H2,1-2H3. The Morgan fingerprint density at radius 2 is 1.62 bits per heavy atom.